The van der Waals surface area contributed by atoms with E-state index >= 15 is 0 Å². The molecule has 4 rings (SSSR count). The van der Waals surface area contributed by atoms with E-state index in [1.165, 1.54) is 12.8 Å². The number of ketones is 1. The van der Waals surface area contributed by atoms with E-state index in [1.54, 1.807) is 0 Å². The lowest BCUT2D eigenvalue weighted by Crippen LogP contribution is -2.54. The molecular weight excluding hydrogens is 276 g/mol. The Kier molecular flexibility index (Phi) is 3.30. The van der Waals surface area contributed by atoms with Crippen LogP contribution in [0.1, 0.15) is 65.2 Å². The number of aliphatic hydroxyl groups is 2. The Bertz CT molecular complexity index is 489. The molecule has 4 aliphatic carbocycles. The van der Waals surface area contributed by atoms with Gasteiger partial charge in [0.2, 0.25) is 0 Å². The van der Waals surface area contributed by atoms with Crippen molar-refractivity contribution in [3.05, 3.63) is 0 Å². The quantitative estimate of drug-likeness (QED) is 0.723. The molecule has 0 radical (unpaired) electrons. The maximum Gasteiger partial charge on any atom is 0.167 e. The van der Waals surface area contributed by atoms with Crippen LogP contribution in [0.3, 0.4) is 0 Å². The fourth-order valence-corrected chi connectivity index (χ4v) is 7.02. The van der Waals surface area contributed by atoms with Crippen molar-refractivity contribution < 1.29 is 15.0 Å². The van der Waals surface area contributed by atoms with Gasteiger partial charge in [-0.2, -0.15) is 0 Å². The van der Waals surface area contributed by atoms with E-state index in [2.05, 4.69) is 13.8 Å². The summed E-state index contributed by atoms with van der Waals surface area (Å²) in [6, 6.07) is 0. The van der Waals surface area contributed by atoms with Gasteiger partial charge in [-0.3, -0.25) is 4.79 Å². The van der Waals surface area contributed by atoms with Gasteiger partial charge in [0.05, 0.1) is 6.10 Å². The van der Waals surface area contributed by atoms with Gasteiger partial charge >= 0.3 is 0 Å². The second-order valence-electron chi connectivity index (χ2n) is 9.16. The number of carbonyl (C=O) groups is 1. The van der Waals surface area contributed by atoms with Gasteiger partial charge < -0.3 is 10.2 Å². The lowest BCUT2D eigenvalue weighted by atomic mass is 9.45. The highest BCUT2D eigenvalue weighted by atomic mass is 16.3. The molecule has 4 aliphatic rings. The Labute approximate surface area is 133 Å². The zero-order chi connectivity index (χ0) is 15.7. The minimum Gasteiger partial charge on any atom is -0.393 e. The number of aliphatic hydroxyl groups excluding tert-OH is 2. The minimum absolute atomic E-state index is 0.0987. The molecule has 0 amide bonds. The summed E-state index contributed by atoms with van der Waals surface area (Å²) in [7, 11) is 0. The van der Waals surface area contributed by atoms with Gasteiger partial charge in [0.15, 0.2) is 5.78 Å². The molecule has 4 saturated carbocycles. The maximum absolute atomic E-state index is 12.5. The summed E-state index contributed by atoms with van der Waals surface area (Å²) in [4.78, 5) is 12.5. The molecule has 124 valence electrons. The van der Waals surface area contributed by atoms with Crippen molar-refractivity contribution in [3.63, 3.8) is 0 Å². The summed E-state index contributed by atoms with van der Waals surface area (Å²) in [5.41, 5.74) is 0.0814. The molecule has 2 N–H and O–H groups in total. The smallest absolute Gasteiger partial charge is 0.167 e. The van der Waals surface area contributed by atoms with Crippen LogP contribution in [0, 0.1) is 34.5 Å². The first kappa shape index (κ1) is 15.1. The largest absolute Gasteiger partial charge is 0.393 e. The Balaban J connectivity index is 1.64. The Morgan fingerprint density at radius 3 is 2.50 bits per heavy atom. The normalized spacial score (nSPS) is 57.9. The molecule has 22 heavy (non-hydrogen) atoms. The van der Waals surface area contributed by atoms with Crippen molar-refractivity contribution in [3.8, 4) is 0 Å². The van der Waals surface area contributed by atoms with Gasteiger partial charge in [0, 0.05) is 5.41 Å². The summed E-state index contributed by atoms with van der Waals surface area (Å²) in [6.45, 7) is 4.57. The van der Waals surface area contributed by atoms with E-state index < -0.39 is 6.10 Å². The highest BCUT2D eigenvalue weighted by Crippen LogP contribution is 2.65. The minimum atomic E-state index is -0.715. The van der Waals surface area contributed by atoms with Crippen LogP contribution in [0.5, 0.6) is 0 Å². The molecule has 0 heterocycles. The van der Waals surface area contributed by atoms with Crippen LogP contribution in [-0.2, 0) is 4.79 Å². The van der Waals surface area contributed by atoms with Crippen LogP contribution in [-0.4, -0.2) is 28.2 Å². The number of fused-ring (bicyclic) bond motifs is 5. The average Bonchev–Trinajstić information content (AvgIpc) is 2.72. The second-order valence-corrected chi connectivity index (χ2v) is 9.16. The van der Waals surface area contributed by atoms with Crippen LogP contribution in [0.4, 0.5) is 0 Å². The van der Waals surface area contributed by atoms with Crippen LogP contribution in [0.25, 0.3) is 0 Å². The molecule has 0 saturated heterocycles. The SMILES string of the molecule is C[C@]12CC[C@@H](O)CC1CC[C@@H]1[C@@H]2CC[C@]2(C)C(=O)[C@H](O)C[C@@H]12. The van der Waals surface area contributed by atoms with Crippen molar-refractivity contribution in [2.24, 2.45) is 34.5 Å². The van der Waals surface area contributed by atoms with Crippen LogP contribution >= 0.6 is 0 Å². The summed E-state index contributed by atoms with van der Waals surface area (Å²) < 4.78 is 0. The monoisotopic (exact) mass is 306 g/mol. The third-order valence-corrected chi connectivity index (χ3v) is 8.37. The molecule has 8 atom stereocenters. The first-order valence-electron chi connectivity index (χ1n) is 9.26. The van der Waals surface area contributed by atoms with Crippen molar-refractivity contribution >= 4 is 5.78 Å². The maximum atomic E-state index is 12.5. The van der Waals surface area contributed by atoms with E-state index in [-0.39, 0.29) is 17.3 Å². The third-order valence-electron chi connectivity index (χ3n) is 8.37. The molecule has 0 aromatic carbocycles. The van der Waals surface area contributed by atoms with Crippen molar-refractivity contribution in [2.45, 2.75) is 77.4 Å². The van der Waals surface area contributed by atoms with Gasteiger partial charge in [-0.1, -0.05) is 13.8 Å². The Morgan fingerprint density at radius 2 is 1.73 bits per heavy atom. The van der Waals surface area contributed by atoms with Gasteiger partial charge in [0.25, 0.3) is 0 Å². The van der Waals surface area contributed by atoms with Gasteiger partial charge in [-0.25, -0.2) is 0 Å². The molecule has 0 aromatic rings. The number of hydrogen-bond donors (Lipinski definition) is 2. The van der Waals surface area contributed by atoms with E-state index in [0.29, 0.717) is 35.5 Å². The number of hydrogen-bond acceptors (Lipinski definition) is 3. The van der Waals surface area contributed by atoms with Crippen LogP contribution in [0.15, 0.2) is 0 Å². The van der Waals surface area contributed by atoms with E-state index in [1.807, 2.05) is 0 Å². The van der Waals surface area contributed by atoms with Crippen LogP contribution in [0.2, 0.25) is 0 Å². The second kappa shape index (κ2) is 4.80. The molecule has 0 aliphatic heterocycles. The van der Waals surface area contributed by atoms with Crippen molar-refractivity contribution in [2.75, 3.05) is 0 Å². The first-order chi connectivity index (χ1) is 10.4. The van der Waals surface area contributed by atoms with E-state index in [0.717, 1.165) is 32.1 Å². The number of rotatable bonds is 0. The molecule has 0 spiro atoms. The lowest BCUT2D eigenvalue weighted by molar-refractivity contribution is -0.144. The topological polar surface area (TPSA) is 57.5 Å². The molecule has 4 fully saturated rings. The Morgan fingerprint density at radius 1 is 0.955 bits per heavy atom. The number of carbonyl (C=O) groups excluding carboxylic acids is 1. The molecule has 0 aromatic heterocycles. The first-order valence-corrected chi connectivity index (χ1v) is 9.26. The number of Topliss-reactive ketones (excluding diaryl/α,β-unsaturated/α-hetero) is 1. The molecule has 0 bridgehead atoms. The zero-order valence-corrected chi connectivity index (χ0v) is 13.9. The molecular formula is C19H30O3. The molecule has 1 unspecified atom stereocenters. The summed E-state index contributed by atoms with van der Waals surface area (Å²) in [5, 5.41) is 20.2. The third kappa shape index (κ3) is 1.84. The highest BCUT2D eigenvalue weighted by Gasteiger charge is 2.62. The van der Waals surface area contributed by atoms with Gasteiger partial charge in [-0.15, -0.1) is 0 Å². The summed E-state index contributed by atoms with van der Waals surface area (Å²) in [5.74, 6) is 2.45. The molecule has 3 nitrogen and oxygen atoms in total. The standard InChI is InChI=1S/C19H30O3/c1-18-7-5-12(20)9-11(18)3-4-13-14(18)6-8-19(2)15(13)10-16(21)17(19)22/h11-16,20-21H,3-10H2,1-2H3/t11?,12-,13-,14+,15+,16-,18+,19+/m1/s1. The summed E-state index contributed by atoms with van der Waals surface area (Å²) >= 11 is 0. The van der Waals surface area contributed by atoms with Crippen molar-refractivity contribution in [1.82, 2.24) is 0 Å². The lowest BCUT2D eigenvalue weighted by Gasteiger charge is -2.59. The van der Waals surface area contributed by atoms with Crippen molar-refractivity contribution in [1.29, 1.82) is 0 Å². The van der Waals surface area contributed by atoms with Gasteiger partial charge in [0.1, 0.15) is 6.10 Å². The predicted molar refractivity (Wildman–Crippen MR) is 84.1 cm³/mol. The van der Waals surface area contributed by atoms with Gasteiger partial charge in [-0.05, 0) is 80.5 Å². The van der Waals surface area contributed by atoms with Crippen LogP contribution < -0.4 is 0 Å². The fraction of sp³-hybridized carbons (Fsp3) is 0.947. The fourth-order valence-electron chi connectivity index (χ4n) is 7.02. The predicted octanol–water partition coefficient (Wildman–Crippen LogP) is 2.93. The summed E-state index contributed by atoms with van der Waals surface area (Å²) in [6.07, 6.45) is 7.43. The Hall–Kier alpha value is -0.410. The highest BCUT2D eigenvalue weighted by molar-refractivity contribution is 5.91. The average molecular weight is 306 g/mol. The zero-order valence-electron chi connectivity index (χ0n) is 13.9. The molecule has 3 heteroatoms. The van der Waals surface area contributed by atoms with E-state index in [4.69, 9.17) is 0 Å². The van der Waals surface area contributed by atoms with E-state index in [9.17, 15) is 15.0 Å².